The van der Waals surface area contributed by atoms with Gasteiger partial charge in [0.1, 0.15) is 0 Å². The van der Waals surface area contributed by atoms with E-state index in [0.29, 0.717) is 0 Å². The van der Waals surface area contributed by atoms with Crippen molar-refractivity contribution in [1.29, 1.82) is 0 Å². The maximum Gasteiger partial charge on any atom is -0.0471 e. The molecule has 0 radical (unpaired) electrons. The molecular formula is C12H28. The van der Waals surface area contributed by atoms with E-state index >= 15 is 0 Å². The molecule has 0 fully saturated rings. The molecule has 12 heavy (non-hydrogen) atoms. The Morgan fingerprint density at radius 2 is 1.42 bits per heavy atom. The van der Waals surface area contributed by atoms with Crippen LogP contribution in [-0.4, -0.2) is 0 Å². The Kier molecular flexibility index (Phi) is 33.1. The van der Waals surface area contributed by atoms with Gasteiger partial charge in [0.2, 0.25) is 0 Å². The van der Waals surface area contributed by atoms with Crippen LogP contribution in [0.5, 0.6) is 0 Å². The lowest BCUT2D eigenvalue weighted by molar-refractivity contribution is 0.576. The first-order chi connectivity index (χ1) is 5.60. The molecule has 0 rings (SSSR count). The molecule has 0 saturated carbocycles. The van der Waals surface area contributed by atoms with Gasteiger partial charge in [-0.2, -0.15) is 0 Å². The predicted octanol–water partition coefficient (Wildman–Crippen LogP) is 5.05. The van der Waals surface area contributed by atoms with Gasteiger partial charge in [0.25, 0.3) is 0 Å². The maximum absolute atomic E-state index is 3.36. The molecule has 0 aliphatic carbocycles. The SMILES string of the molecule is C=CC.CCC.CCCC(C)C. The number of hydrogen-bond donors (Lipinski definition) is 0. The summed E-state index contributed by atoms with van der Waals surface area (Å²) in [6, 6.07) is 0. The molecule has 0 amide bonds. The van der Waals surface area contributed by atoms with Crippen LogP contribution >= 0.6 is 0 Å². The van der Waals surface area contributed by atoms with Crippen LogP contribution in [0.25, 0.3) is 0 Å². The lowest BCUT2D eigenvalue weighted by Crippen LogP contribution is -1.81. The van der Waals surface area contributed by atoms with Gasteiger partial charge in [0.05, 0.1) is 0 Å². The van der Waals surface area contributed by atoms with Crippen LogP contribution in [0.4, 0.5) is 0 Å². The van der Waals surface area contributed by atoms with Gasteiger partial charge in [-0.1, -0.05) is 60.0 Å². The predicted molar refractivity (Wildman–Crippen MR) is 61.6 cm³/mol. The third kappa shape index (κ3) is 99.1. The molecule has 0 spiro atoms. The van der Waals surface area contributed by atoms with Crippen molar-refractivity contribution in [2.24, 2.45) is 5.92 Å². The lowest BCUT2D eigenvalue weighted by atomic mass is 10.1. The van der Waals surface area contributed by atoms with Gasteiger partial charge in [-0.3, -0.25) is 0 Å². The first kappa shape index (κ1) is 17.7. The van der Waals surface area contributed by atoms with E-state index in [-0.39, 0.29) is 0 Å². The Labute approximate surface area is 80.1 Å². The molecule has 0 aliphatic heterocycles. The fourth-order valence-corrected chi connectivity index (χ4v) is 0.577. The van der Waals surface area contributed by atoms with Crippen molar-refractivity contribution >= 4 is 0 Å². The van der Waals surface area contributed by atoms with E-state index < -0.39 is 0 Å². The lowest BCUT2D eigenvalue weighted by Gasteiger charge is -1.95. The fraction of sp³-hybridized carbons (Fsp3) is 0.833. The van der Waals surface area contributed by atoms with E-state index in [1.807, 2.05) is 6.92 Å². The van der Waals surface area contributed by atoms with Crippen molar-refractivity contribution in [3.05, 3.63) is 12.7 Å². The summed E-state index contributed by atoms with van der Waals surface area (Å²) in [5, 5.41) is 0. The summed E-state index contributed by atoms with van der Waals surface area (Å²) in [6.07, 6.45) is 5.71. The van der Waals surface area contributed by atoms with Crippen molar-refractivity contribution in [2.45, 2.75) is 60.8 Å². The minimum Gasteiger partial charge on any atom is -0.103 e. The largest absolute Gasteiger partial charge is 0.103 e. The molecule has 0 unspecified atom stereocenters. The molecule has 0 heteroatoms. The average molecular weight is 172 g/mol. The normalized spacial score (nSPS) is 7.58. The van der Waals surface area contributed by atoms with E-state index in [2.05, 4.69) is 41.2 Å². The van der Waals surface area contributed by atoms with E-state index in [1.54, 1.807) is 6.08 Å². The molecule has 0 heterocycles. The van der Waals surface area contributed by atoms with E-state index in [9.17, 15) is 0 Å². The minimum absolute atomic E-state index is 0.898. The first-order valence-corrected chi connectivity index (χ1v) is 5.17. The standard InChI is InChI=1S/C6H14.C3H8.C3H6/c1-4-5-6(2)3;2*1-3-2/h6H,4-5H2,1-3H3;3H2,1-2H3;3H,1H2,2H3. The van der Waals surface area contributed by atoms with Crippen molar-refractivity contribution in [3.63, 3.8) is 0 Å². The molecule has 0 aromatic heterocycles. The van der Waals surface area contributed by atoms with Crippen molar-refractivity contribution in [2.75, 3.05) is 0 Å². The van der Waals surface area contributed by atoms with Crippen LogP contribution in [0, 0.1) is 5.92 Å². The highest BCUT2D eigenvalue weighted by atomic mass is 13.9. The maximum atomic E-state index is 3.36. The molecule has 0 nitrogen and oxygen atoms in total. The minimum atomic E-state index is 0.898. The second kappa shape index (κ2) is 22.4. The highest BCUT2D eigenvalue weighted by Gasteiger charge is 1.85. The third-order valence-corrected chi connectivity index (χ3v) is 0.866. The summed E-state index contributed by atoms with van der Waals surface area (Å²) in [5.74, 6) is 0.898. The van der Waals surface area contributed by atoms with Crippen LogP contribution in [0.2, 0.25) is 0 Å². The summed E-state index contributed by atoms with van der Waals surface area (Å²) < 4.78 is 0. The van der Waals surface area contributed by atoms with E-state index in [0.717, 1.165) is 5.92 Å². The molecule has 0 atom stereocenters. The van der Waals surface area contributed by atoms with Gasteiger partial charge in [0.15, 0.2) is 0 Å². The molecule has 0 N–H and O–H groups in total. The smallest absolute Gasteiger partial charge is 0.0471 e. The summed E-state index contributed by atoms with van der Waals surface area (Å²) in [6.45, 7) is 16.2. The Morgan fingerprint density at radius 1 is 1.17 bits per heavy atom. The van der Waals surface area contributed by atoms with Crippen LogP contribution in [0.15, 0.2) is 12.7 Å². The van der Waals surface area contributed by atoms with Gasteiger partial charge in [0, 0.05) is 0 Å². The zero-order valence-corrected chi connectivity index (χ0v) is 9.98. The first-order valence-electron chi connectivity index (χ1n) is 5.17. The van der Waals surface area contributed by atoms with Gasteiger partial charge in [-0.15, -0.1) is 6.58 Å². The molecule has 76 valence electrons. The van der Waals surface area contributed by atoms with Crippen molar-refractivity contribution in [1.82, 2.24) is 0 Å². The molecule has 0 bridgehead atoms. The summed E-state index contributed by atoms with van der Waals surface area (Å²) in [5.41, 5.74) is 0. The highest BCUT2D eigenvalue weighted by molar-refractivity contribution is 4.51. The number of hydrogen-bond acceptors (Lipinski definition) is 0. The Bertz CT molecular complexity index is 53.1. The second-order valence-corrected chi connectivity index (χ2v) is 3.30. The summed E-state index contributed by atoms with van der Waals surface area (Å²) in [7, 11) is 0. The van der Waals surface area contributed by atoms with Gasteiger partial charge in [-0.05, 0) is 12.8 Å². The Balaban J connectivity index is -0.000000115. The molecule has 0 aromatic carbocycles. The highest BCUT2D eigenvalue weighted by Crippen LogP contribution is 2.00. The average Bonchev–Trinajstić information content (AvgIpc) is 1.89. The van der Waals surface area contributed by atoms with Gasteiger partial charge < -0.3 is 0 Å². The molecule has 0 aliphatic rings. The number of rotatable bonds is 2. The van der Waals surface area contributed by atoms with Crippen molar-refractivity contribution < 1.29 is 0 Å². The summed E-state index contributed by atoms with van der Waals surface area (Å²) >= 11 is 0. The van der Waals surface area contributed by atoms with Crippen molar-refractivity contribution in [3.8, 4) is 0 Å². The quantitative estimate of drug-likeness (QED) is 0.511. The van der Waals surface area contributed by atoms with E-state index in [4.69, 9.17) is 0 Å². The van der Waals surface area contributed by atoms with Crippen LogP contribution in [0.1, 0.15) is 60.8 Å². The molecule has 0 aromatic rings. The Hall–Kier alpha value is -0.260. The zero-order chi connectivity index (χ0) is 10.4. The molecular weight excluding hydrogens is 144 g/mol. The monoisotopic (exact) mass is 172 g/mol. The zero-order valence-electron chi connectivity index (χ0n) is 9.98. The summed E-state index contributed by atoms with van der Waals surface area (Å²) in [4.78, 5) is 0. The van der Waals surface area contributed by atoms with Gasteiger partial charge >= 0.3 is 0 Å². The Morgan fingerprint density at radius 3 is 1.42 bits per heavy atom. The van der Waals surface area contributed by atoms with Gasteiger partial charge in [-0.25, -0.2) is 0 Å². The topological polar surface area (TPSA) is 0 Å². The van der Waals surface area contributed by atoms with Crippen LogP contribution in [-0.2, 0) is 0 Å². The number of allylic oxidation sites excluding steroid dienone is 1. The molecule has 0 saturated heterocycles. The third-order valence-electron chi connectivity index (χ3n) is 0.866. The van der Waals surface area contributed by atoms with Crippen LogP contribution < -0.4 is 0 Å². The van der Waals surface area contributed by atoms with E-state index in [1.165, 1.54) is 19.3 Å². The fourth-order valence-electron chi connectivity index (χ4n) is 0.577. The van der Waals surface area contributed by atoms with Crippen LogP contribution in [0.3, 0.4) is 0 Å². The second-order valence-electron chi connectivity index (χ2n) is 3.30.